The average Bonchev–Trinajstić information content (AvgIpc) is 2.46. The number of amides is 2. The molecule has 6 heteroatoms. The van der Waals surface area contributed by atoms with Crippen LogP contribution in [0.2, 0.25) is 0 Å². The number of ether oxygens (including phenoxy) is 1. The fraction of sp³-hybridized carbons (Fsp3) is 0.765. The first-order chi connectivity index (χ1) is 10.6. The highest BCUT2D eigenvalue weighted by Crippen LogP contribution is 2.37. The Hall–Kier alpha value is -1.56. The number of hydrogen-bond donors (Lipinski definition) is 1. The van der Waals surface area contributed by atoms with Gasteiger partial charge in [-0.3, -0.25) is 4.79 Å². The van der Waals surface area contributed by atoms with Crippen molar-refractivity contribution in [1.29, 1.82) is 0 Å². The van der Waals surface area contributed by atoms with Crippen molar-refractivity contribution < 1.29 is 19.4 Å². The first-order valence-corrected chi connectivity index (χ1v) is 8.10. The molecule has 0 spiro atoms. The molecule has 1 aliphatic heterocycles. The van der Waals surface area contributed by atoms with Gasteiger partial charge in [0.15, 0.2) is 0 Å². The van der Waals surface area contributed by atoms with E-state index in [-0.39, 0.29) is 18.6 Å². The number of piperidine rings is 1. The number of carbonyl (C=O) groups excluding carboxylic acids is 2. The Kier molecular flexibility index (Phi) is 6.62. The summed E-state index contributed by atoms with van der Waals surface area (Å²) in [5.74, 6) is 0.00953. The SMILES string of the molecule is C=CCC1(C(=O)N(C)CCO)CCN(C(=O)OC(C)(C)C)CC1. The van der Waals surface area contributed by atoms with Gasteiger partial charge in [-0.05, 0) is 40.0 Å². The van der Waals surface area contributed by atoms with Gasteiger partial charge < -0.3 is 19.6 Å². The lowest BCUT2D eigenvalue weighted by molar-refractivity contribution is -0.144. The van der Waals surface area contributed by atoms with E-state index in [0.717, 1.165) is 0 Å². The molecule has 23 heavy (non-hydrogen) atoms. The molecule has 6 nitrogen and oxygen atoms in total. The Morgan fingerprint density at radius 1 is 1.35 bits per heavy atom. The fourth-order valence-electron chi connectivity index (χ4n) is 2.88. The van der Waals surface area contributed by atoms with Crippen molar-refractivity contribution in [3.63, 3.8) is 0 Å². The zero-order chi connectivity index (χ0) is 17.7. The van der Waals surface area contributed by atoms with Crippen molar-refractivity contribution in [2.75, 3.05) is 33.3 Å². The summed E-state index contributed by atoms with van der Waals surface area (Å²) < 4.78 is 5.39. The number of allylic oxidation sites excluding steroid dienone is 1. The standard InChI is InChI=1S/C17H30N2O4/c1-6-7-17(14(21)18(5)12-13-20)8-10-19(11-9-17)15(22)23-16(2,3)4/h6,20H,1,7-13H2,2-5H3. The van der Waals surface area contributed by atoms with Crippen LogP contribution in [0.4, 0.5) is 4.79 Å². The minimum absolute atomic E-state index is 0.00953. The second-order valence-corrected chi connectivity index (χ2v) is 7.19. The van der Waals surface area contributed by atoms with Crippen LogP contribution >= 0.6 is 0 Å². The number of aliphatic hydroxyl groups excluding tert-OH is 1. The van der Waals surface area contributed by atoms with E-state index in [1.165, 1.54) is 0 Å². The first kappa shape index (κ1) is 19.5. The Bertz CT molecular complexity index is 434. The molecule has 132 valence electrons. The van der Waals surface area contributed by atoms with Crippen molar-refractivity contribution in [2.45, 2.75) is 45.6 Å². The normalized spacial score (nSPS) is 17.5. The molecular formula is C17H30N2O4. The molecule has 0 atom stereocenters. The molecule has 0 saturated carbocycles. The highest BCUT2D eigenvalue weighted by atomic mass is 16.6. The molecule has 0 aliphatic carbocycles. The number of rotatable bonds is 5. The smallest absolute Gasteiger partial charge is 0.410 e. The van der Waals surface area contributed by atoms with E-state index in [1.54, 1.807) is 22.9 Å². The number of carbonyl (C=O) groups is 2. The summed E-state index contributed by atoms with van der Waals surface area (Å²) in [7, 11) is 1.70. The van der Waals surface area contributed by atoms with Crippen LogP contribution in [0.3, 0.4) is 0 Å². The number of likely N-dealkylation sites (tertiary alicyclic amines) is 1. The third-order valence-corrected chi connectivity index (χ3v) is 4.14. The summed E-state index contributed by atoms with van der Waals surface area (Å²) >= 11 is 0. The molecule has 0 aromatic heterocycles. The Balaban J connectivity index is 2.75. The molecular weight excluding hydrogens is 296 g/mol. The van der Waals surface area contributed by atoms with Gasteiger partial charge in [0.25, 0.3) is 0 Å². The zero-order valence-corrected chi connectivity index (χ0v) is 14.8. The number of likely N-dealkylation sites (N-methyl/N-ethyl adjacent to an activating group) is 1. The maximum absolute atomic E-state index is 12.7. The molecule has 1 N–H and O–H groups in total. The molecule has 0 unspecified atom stereocenters. The molecule has 0 aromatic rings. The summed E-state index contributed by atoms with van der Waals surface area (Å²) in [6.45, 7) is 10.5. The van der Waals surface area contributed by atoms with E-state index >= 15 is 0 Å². The molecule has 1 fully saturated rings. The minimum Gasteiger partial charge on any atom is -0.444 e. The van der Waals surface area contributed by atoms with Crippen LogP contribution in [-0.4, -0.2) is 65.8 Å². The molecule has 0 radical (unpaired) electrons. The van der Waals surface area contributed by atoms with Crippen molar-refractivity contribution in [1.82, 2.24) is 9.80 Å². The van der Waals surface area contributed by atoms with E-state index in [4.69, 9.17) is 9.84 Å². The molecule has 2 amide bonds. The monoisotopic (exact) mass is 326 g/mol. The van der Waals surface area contributed by atoms with Gasteiger partial charge in [0.05, 0.1) is 12.0 Å². The van der Waals surface area contributed by atoms with Gasteiger partial charge in [-0.25, -0.2) is 4.79 Å². The third-order valence-electron chi connectivity index (χ3n) is 4.14. The Morgan fingerprint density at radius 3 is 2.35 bits per heavy atom. The molecule has 1 aliphatic rings. The minimum atomic E-state index is -0.538. The second kappa shape index (κ2) is 7.81. The van der Waals surface area contributed by atoms with Gasteiger partial charge in [0.1, 0.15) is 5.60 Å². The first-order valence-electron chi connectivity index (χ1n) is 8.10. The lowest BCUT2D eigenvalue weighted by Crippen LogP contribution is -2.51. The van der Waals surface area contributed by atoms with Crippen molar-refractivity contribution >= 4 is 12.0 Å². The Labute approximate surface area is 139 Å². The van der Waals surface area contributed by atoms with Crippen molar-refractivity contribution in [3.05, 3.63) is 12.7 Å². The van der Waals surface area contributed by atoms with Gasteiger partial charge >= 0.3 is 6.09 Å². The van der Waals surface area contributed by atoms with Crippen LogP contribution in [0.25, 0.3) is 0 Å². The quantitative estimate of drug-likeness (QED) is 0.785. The highest BCUT2D eigenvalue weighted by molar-refractivity contribution is 5.83. The van der Waals surface area contributed by atoms with Gasteiger partial charge in [0, 0.05) is 26.7 Å². The van der Waals surface area contributed by atoms with Crippen LogP contribution in [0, 0.1) is 5.41 Å². The van der Waals surface area contributed by atoms with Gasteiger partial charge in [-0.15, -0.1) is 6.58 Å². The number of aliphatic hydroxyl groups is 1. The maximum atomic E-state index is 12.7. The molecule has 0 aromatic carbocycles. The van der Waals surface area contributed by atoms with Gasteiger partial charge in [-0.1, -0.05) is 6.08 Å². The molecule has 0 bridgehead atoms. The van der Waals surface area contributed by atoms with Crippen molar-refractivity contribution in [2.24, 2.45) is 5.41 Å². The van der Waals surface area contributed by atoms with Crippen LogP contribution in [0.5, 0.6) is 0 Å². The van der Waals surface area contributed by atoms with E-state index < -0.39 is 11.0 Å². The lowest BCUT2D eigenvalue weighted by Gasteiger charge is -2.42. The van der Waals surface area contributed by atoms with Crippen LogP contribution < -0.4 is 0 Å². The fourth-order valence-corrected chi connectivity index (χ4v) is 2.88. The summed E-state index contributed by atoms with van der Waals surface area (Å²) in [6.07, 6.45) is 3.15. The Morgan fingerprint density at radius 2 is 1.91 bits per heavy atom. The summed E-state index contributed by atoms with van der Waals surface area (Å²) in [4.78, 5) is 28.1. The second-order valence-electron chi connectivity index (χ2n) is 7.19. The van der Waals surface area contributed by atoms with Gasteiger partial charge in [0.2, 0.25) is 5.91 Å². The number of hydrogen-bond acceptors (Lipinski definition) is 4. The topological polar surface area (TPSA) is 70.1 Å². The van der Waals surface area contributed by atoms with E-state index in [2.05, 4.69) is 6.58 Å². The van der Waals surface area contributed by atoms with Crippen LogP contribution in [0.1, 0.15) is 40.0 Å². The maximum Gasteiger partial charge on any atom is 0.410 e. The van der Waals surface area contributed by atoms with Gasteiger partial charge in [-0.2, -0.15) is 0 Å². The molecule has 1 rings (SSSR count). The van der Waals surface area contributed by atoms with Crippen LogP contribution in [-0.2, 0) is 9.53 Å². The largest absolute Gasteiger partial charge is 0.444 e. The molecule has 1 saturated heterocycles. The van der Waals surface area contributed by atoms with Crippen molar-refractivity contribution in [3.8, 4) is 0 Å². The summed E-state index contributed by atoms with van der Waals surface area (Å²) in [5.41, 5.74) is -1.06. The average molecular weight is 326 g/mol. The lowest BCUT2D eigenvalue weighted by atomic mass is 9.74. The van der Waals surface area contributed by atoms with E-state index in [0.29, 0.717) is 38.9 Å². The molecule has 1 heterocycles. The predicted molar refractivity (Wildman–Crippen MR) is 89.0 cm³/mol. The van der Waals surface area contributed by atoms with Crippen LogP contribution in [0.15, 0.2) is 12.7 Å². The van der Waals surface area contributed by atoms with E-state index in [9.17, 15) is 9.59 Å². The summed E-state index contributed by atoms with van der Waals surface area (Å²) in [5, 5.41) is 9.04. The number of nitrogens with zero attached hydrogens (tertiary/aromatic N) is 2. The highest BCUT2D eigenvalue weighted by Gasteiger charge is 2.43. The zero-order valence-electron chi connectivity index (χ0n) is 14.8. The predicted octanol–water partition coefficient (Wildman–Crippen LogP) is 2.03. The van der Waals surface area contributed by atoms with E-state index in [1.807, 2.05) is 20.8 Å². The summed E-state index contributed by atoms with van der Waals surface area (Å²) in [6, 6.07) is 0. The third kappa shape index (κ3) is 5.23.